The van der Waals surface area contributed by atoms with Gasteiger partial charge in [0.15, 0.2) is 0 Å². The first-order chi connectivity index (χ1) is 11.5. The molecule has 1 fully saturated rings. The van der Waals surface area contributed by atoms with Gasteiger partial charge in [-0.05, 0) is 30.2 Å². The van der Waals surface area contributed by atoms with Crippen LogP contribution < -0.4 is 0 Å². The van der Waals surface area contributed by atoms with Crippen molar-refractivity contribution < 1.29 is 18.3 Å². The molecule has 122 valence electrons. The summed E-state index contributed by atoms with van der Waals surface area (Å²) in [5, 5.41) is 9.97. The van der Waals surface area contributed by atoms with E-state index in [1.165, 1.54) is 3.97 Å². The Labute approximate surface area is 139 Å². The molecule has 1 aliphatic carbocycles. The molecule has 3 aromatic rings. The fourth-order valence-corrected chi connectivity index (χ4v) is 4.59. The van der Waals surface area contributed by atoms with Crippen molar-refractivity contribution in [2.45, 2.75) is 17.2 Å². The number of fused-ring (bicyclic) bond motifs is 1. The highest BCUT2D eigenvalue weighted by atomic mass is 32.2. The van der Waals surface area contributed by atoms with Crippen LogP contribution in [0.25, 0.3) is 10.9 Å². The van der Waals surface area contributed by atoms with Crippen LogP contribution in [0.2, 0.25) is 0 Å². The van der Waals surface area contributed by atoms with E-state index in [0.29, 0.717) is 11.9 Å². The van der Waals surface area contributed by atoms with Crippen molar-refractivity contribution in [1.82, 2.24) is 3.97 Å². The Kier molecular flexibility index (Phi) is 3.25. The van der Waals surface area contributed by atoms with Crippen molar-refractivity contribution in [3.63, 3.8) is 0 Å². The number of carboxylic acid groups (broad SMARTS) is 1. The number of carboxylic acids is 1. The van der Waals surface area contributed by atoms with E-state index in [4.69, 9.17) is 0 Å². The molecule has 0 amide bonds. The quantitative estimate of drug-likeness (QED) is 0.791. The summed E-state index contributed by atoms with van der Waals surface area (Å²) in [4.78, 5) is 11.4. The zero-order valence-electron chi connectivity index (χ0n) is 12.7. The summed E-state index contributed by atoms with van der Waals surface area (Å²) >= 11 is 0. The minimum atomic E-state index is -3.72. The number of rotatable bonds is 4. The van der Waals surface area contributed by atoms with E-state index >= 15 is 0 Å². The molecule has 1 aromatic heterocycles. The third kappa shape index (κ3) is 2.22. The second-order valence-corrected chi connectivity index (χ2v) is 7.82. The van der Waals surface area contributed by atoms with Gasteiger partial charge in [-0.25, -0.2) is 12.4 Å². The topological polar surface area (TPSA) is 76.4 Å². The van der Waals surface area contributed by atoms with E-state index in [1.807, 2.05) is 12.1 Å². The van der Waals surface area contributed by atoms with Crippen LogP contribution in [0.3, 0.4) is 0 Å². The van der Waals surface area contributed by atoms with E-state index in [1.54, 1.807) is 48.7 Å². The van der Waals surface area contributed by atoms with Crippen molar-refractivity contribution in [3.05, 3.63) is 66.4 Å². The molecule has 0 aliphatic heterocycles. The maximum atomic E-state index is 13.0. The zero-order chi connectivity index (χ0) is 16.9. The fourth-order valence-electron chi connectivity index (χ4n) is 3.19. The van der Waals surface area contributed by atoms with Gasteiger partial charge in [-0.2, -0.15) is 0 Å². The SMILES string of the molecule is O=C(O)[C@H]1C[C@H]1c1cn(S(=O)(=O)c2ccccc2)c2ccccc12. The Hall–Kier alpha value is -2.60. The number of hydrogen-bond donors (Lipinski definition) is 1. The molecule has 0 saturated heterocycles. The van der Waals surface area contributed by atoms with Gasteiger partial charge in [-0.1, -0.05) is 36.4 Å². The standard InChI is InChI=1S/C18H15NO4S/c20-18(21)15-10-14(15)16-11-19(17-9-5-4-8-13(16)17)24(22,23)12-6-2-1-3-7-12/h1-9,11,14-15H,10H2,(H,20,21)/t14-,15+/m1/s1. The Balaban J connectivity index is 1.90. The Morgan fingerprint density at radius 1 is 1.04 bits per heavy atom. The summed E-state index contributed by atoms with van der Waals surface area (Å²) in [6.07, 6.45) is 2.13. The lowest BCUT2D eigenvalue weighted by Gasteiger charge is -2.07. The number of para-hydroxylation sites is 1. The molecule has 0 spiro atoms. The number of nitrogens with zero attached hydrogens (tertiary/aromatic N) is 1. The third-order valence-corrected chi connectivity index (χ3v) is 6.20. The maximum Gasteiger partial charge on any atom is 0.307 e. The smallest absolute Gasteiger partial charge is 0.307 e. The first kappa shape index (κ1) is 15.0. The highest BCUT2D eigenvalue weighted by molar-refractivity contribution is 7.90. The van der Waals surface area contributed by atoms with Gasteiger partial charge in [0, 0.05) is 17.5 Å². The number of benzene rings is 2. The first-order valence-electron chi connectivity index (χ1n) is 7.63. The van der Waals surface area contributed by atoms with Crippen molar-refractivity contribution in [2.75, 3.05) is 0 Å². The van der Waals surface area contributed by atoms with E-state index in [9.17, 15) is 18.3 Å². The van der Waals surface area contributed by atoms with Gasteiger partial charge in [0.25, 0.3) is 10.0 Å². The van der Waals surface area contributed by atoms with Crippen LogP contribution in [-0.2, 0) is 14.8 Å². The molecule has 24 heavy (non-hydrogen) atoms. The molecule has 1 heterocycles. The molecule has 0 unspecified atom stereocenters. The van der Waals surface area contributed by atoms with Crippen LogP contribution in [0.15, 0.2) is 65.7 Å². The lowest BCUT2D eigenvalue weighted by atomic mass is 10.1. The molecule has 2 aromatic carbocycles. The average molecular weight is 341 g/mol. The minimum absolute atomic E-state index is 0.125. The van der Waals surface area contributed by atoms with Crippen molar-refractivity contribution in [3.8, 4) is 0 Å². The van der Waals surface area contributed by atoms with Crippen LogP contribution in [0.4, 0.5) is 0 Å². The van der Waals surface area contributed by atoms with Crippen LogP contribution >= 0.6 is 0 Å². The second kappa shape index (κ2) is 5.21. The summed E-state index contributed by atoms with van der Waals surface area (Å²) in [5.74, 6) is -1.38. The predicted octanol–water partition coefficient (Wildman–Crippen LogP) is 3.07. The maximum absolute atomic E-state index is 13.0. The van der Waals surface area contributed by atoms with Crippen LogP contribution in [0.5, 0.6) is 0 Å². The van der Waals surface area contributed by atoms with E-state index in [2.05, 4.69) is 0 Å². The van der Waals surface area contributed by atoms with Crippen LogP contribution in [0.1, 0.15) is 17.9 Å². The third-order valence-electron chi connectivity index (χ3n) is 4.52. The van der Waals surface area contributed by atoms with E-state index < -0.39 is 21.9 Å². The largest absolute Gasteiger partial charge is 0.481 e. The molecule has 5 nitrogen and oxygen atoms in total. The summed E-state index contributed by atoms with van der Waals surface area (Å²) in [6.45, 7) is 0. The number of aromatic nitrogens is 1. The lowest BCUT2D eigenvalue weighted by molar-refractivity contribution is -0.138. The molecule has 2 atom stereocenters. The molecule has 1 N–H and O–H groups in total. The van der Waals surface area contributed by atoms with Crippen LogP contribution in [-0.4, -0.2) is 23.5 Å². The van der Waals surface area contributed by atoms with Gasteiger partial charge in [-0.3, -0.25) is 4.79 Å². The molecule has 0 radical (unpaired) electrons. The normalized spacial score (nSPS) is 20.2. The summed E-state index contributed by atoms with van der Waals surface area (Å²) < 4.78 is 27.2. The van der Waals surface area contributed by atoms with Crippen molar-refractivity contribution in [2.24, 2.45) is 5.92 Å². The van der Waals surface area contributed by atoms with Crippen molar-refractivity contribution >= 4 is 26.9 Å². The highest BCUT2D eigenvalue weighted by Gasteiger charge is 2.45. The van der Waals surface area contributed by atoms with E-state index in [0.717, 1.165) is 10.9 Å². The summed E-state index contributed by atoms with van der Waals surface area (Å²) in [6, 6.07) is 15.5. The van der Waals surface area contributed by atoms with Gasteiger partial charge in [0.2, 0.25) is 0 Å². The number of carbonyl (C=O) groups is 1. The number of aliphatic carboxylic acids is 1. The lowest BCUT2D eigenvalue weighted by Crippen LogP contribution is -2.11. The zero-order valence-corrected chi connectivity index (χ0v) is 13.5. The molecular formula is C18H15NO4S. The van der Waals surface area contributed by atoms with Gasteiger partial charge < -0.3 is 5.11 Å². The van der Waals surface area contributed by atoms with Gasteiger partial charge in [-0.15, -0.1) is 0 Å². The minimum Gasteiger partial charge on any atom is -0.481 e. The average Bonchev–Trinajstić information content (AvgIpc) is 3.29. The Bertz CT molecular complexity index is 1040. The second-order valence-electron chi connectivity index (χ2n) is 6.00. The molecule has 0 bridgehead atoms. The molecule has 1 saturated carbocycles. The Morgan fingerprint density at radius 3 is 2.38 bits per heavy atom. The Morgan fingerprint density at radius 2 is 1.71 bits per heavy atom. The molecule has 4 rings (SSSR count). The van der Waals surface area contributed by atoms with Crippen LogP contribution in [0, 0.1) is 5.92 Å². The highest BCUT2D eigenvalue weighted by Crippen LogP contribution is 2.50. The fraction of sp³-hybridized carbons (Fsp3) is 0.167. The number of hydrogen-bond acceptors (Lipinski definition) is 3. The van der Waals surface area contributed by atoms with E-state index in [-0.39, 0.29) is 10.8 Å². The molecule has 6 heteroatoms. The van der Waals surface area contributed by atoms with Gasteiger partial charge in [0.05, 0.1) is 16.3 Å². The summed E-state index contributed by atoms with van der Waals surface area (Å²) in [7, 11) is -3.72. The molecule has 1 aliphatic rings. The summed E-state index contributed by atoms with van der Waals surface area (Å²) in [5.41, 5.74) is 1.37. The predicted molar refractivity (Wildman–Crippen MR) is 89.4 cm³/mol. The van der Waals surface area contributed by atoms with Gasteiger partial charge in [0.1, 0.15) is 0 Å². The molecular weight excluding hydrogens is 326 g/mol. The van der Waals surface area contributed by atoms with Crippen molar-refractivity contribution in [1.29, 1.82) is 0 Å². The van der Waals surface area contributed by atoms with Gasteiger partial charge >= 0.3 is 5.97 Å². The monoisotopic (exact) mass is 341 g/mol. The first-order valence-corrected chi connectivity index (χ1v) is 9.07.